The van der Waals surface area contributed by atoms with Gasteiger partial charge in [-0.2, -0.15) is 0 Å². The Kier molecular flexibility index (Phi) is 7.11. The fourth-order valence-corrected chi connectivity index (χ4v) is 2.82. The van der Waals surface area contributed by atoms with Crippen molar-refractivity contribution in [2.75, 3.05) is 0 Å². The van der Waals surface area contributed by atoms with Crippen molar-refractivity contribution in [2.45, 2.75) is 90.8 Å². The molecule has 0 saturated heterocycles. The summed E-state index contributed by atoms with van der Waals surface area (Å²) in [6.45, 7) is 6.90. The summed E-state index contributed by atoms with van der Waals surface area (Å²) in [6.07, 6.45) is 13.1. The van der Waals surface area contributed by atoms with Crippen LogP contribution in [0.2, 0.25) is 0 Å². The molecule has 0 aromatic rings. The highest BCUT2D eigenvalue weighted by molar-refractivity contribution is 4.68. The summed E-state index contributed by atoms with van der Waals surface area (Å²) < 4.78 is 6.14. The van der Waals surface area contributed by atoms with E-state index in [9.17, 15) is 0 Å². The zero-order valence-electron chi connectivity index (χ0n) is 11.5. The fourth-order valence-electron chi connectivity index (χ4n) is 2.82. The van der Waals surface area contributed by atoms with Gasteiger partial charge in [0.15, 0.2) is 0 Å². The molecular formula is C15H30O. The first-order valence-electron chi connectivity index (χ1n) is 7.37. The second-order valence-corrected chi connectivity index (χ2v) is 5.69. The van der Waals surface area contributed by atoms with Crippen molar-refractivity contribution in [1.82, 2.24) is 0 Å². The van der Waals surface area contributed by atoms with Gasteiger partial charge in [-0.3, -0.25) is 0 Å². The van der Waals surface area contributed by atoms with E-state index in [0.717, 1.165) is 5.92 Å². The molecule has 1 nitrogen and oxygen atoms in total. The fraction of sp³-hybridized carbons (Fsp3) is 1.00. The molecular weight excluding hydrogens is 196 g/mol. The molecule has 0 heterocycles. The molecule has 96 valence electrons. The zero-order chi connectivity index (χ0) is 11.8. The molecule has 0 aromatic carbocycles. The maximum Gasteiger partial charge on any atom is 0.0578 e. The first kappa shape index (κ1) is 14.0. The minimum absolute atomic E-state index is 0.468. The molecule has 16 heavy (non-hydrogen) atoms. The summed E-state index contributed by atoms with van der Waals surface area (Å²) in [7, 11) is 0. The van der Waals surface area contributed by atoms with Crippen LogP contribution in [0.3, 0.4) is 0 Å². The minimum atomic E-state index is 0.468. The standard InChI is InChI=1S/C15H30O/c1-4-5-9-13(2)12-14(3)16-15-10-7-6-8-11-15/h13-15H,4-12H2,1-3H3. The maximum atomic E-state index is 6.14. The second kappa shape index (κ2) is 8.11. The van der Waals surface area contributed by atoms with Crippen LogP contribution in [0.1, 0.15) is 78.6 Å². The molecule has 0 spiro atoms. The van der Waals surface area contributed by atoms with Gasteiger partial charge in [0.1, 0.15) is 0 Å². The molecule has 2 atom stereocenters. The molecule has 0 amide bonds. The third-order valence-electron chi connectivity index (χ3n) is 3.76. The summed E-state index contributed by atoms with van der Waals surface area (Å²) in [5.41, 5.74) is 0. The van der Waals surface area contributed by atoms with E-state index in [2.05, 4.69) is 20.8 Å². The molecule has 0 aliphatic heterocycles. The lowest BCUT2D eigenvalue weighted by atomic mass is 9.96. The minimum Gasteiger partial charge on any atom is -0.375 e. The predicted molar refractivity (Wildman–Crippen MR) is 70.7 cm³/mol. The van der Waals surface area contributed by atoms with Crippen molar-refractivity contribution in [3.05, 3.63) is 0 Å². The molecule has 0 aromatic heterocycles. The van der Waals surface area contributed by atoms with Crippen molar-refractivity contribution < 1.29 is 4.74 Å². The third kappa shape index (κ3) is 5.89. The van der Waals surface area contributed by atoms with Crippen LogP contribution in [-0.4, -0.2) is 12.2 Å². The van der Waals surface area contributed by atoms with Gasteiger partial charge in [-0.05, 0) is 32.1 Å². The van der Waals surface area contributed by atoms with Crippen molar-refractivity contribution in [2.24, 2.45) is 5.92 Å². The van der Waals surface area contributed by atoms with Crippen molar-refractivity contribution >= 4 is 0 Å². The van der Waals surface area contributed by atoms with Crippen LogP contribution >= 0.6 is 0 Å². The highest BCUT2D eigenvalue weighted by Crippen LogP contribution is 2.24. The summed E-state index contributed by atoms with van der Waals surface area (Å²) in [4.78, 5) is 0. The zero-order valence-corrected chi connectivity index (χ0v) is 11.5. The summed E-state index contributed by atoms with van der Waals surface area (Å²) in [6, 6.07) is 0. The Hall–Kier alpha value is -0.0400. The highest BCUT2D eigenvalue weighted by atomic mass is 16.5. The van der Waals surface area contributed by atoms with E-state index in [1.807, 2.05) is 0 Å². The van der Waals surface area contributed by atoms with Crippen molar-refractivity contribution in [3.63, 3.8) is 0 Å². The van der Waals surface area contributed by atoms with E-state index < -0.39 is 0 Å². The Balaban J connectivity index is 2.11. The van der Waals surface area contributed by atoms with E-state index in [1.165, 1.54) is 57.8 Å². The lowest BCUT2D eigenvalue weighted by molar-refractivity contribution is -0.0304. The maximum absolute atomic E-state index is 6.14. The lowest BCUT2D eigenvalue weighted by Gasteiger charge is -2.27. The van der Waals surface area contributed by atoms with Crippen LogP contribution in [0, 0.1) is 5.92 Å². The Bertz CT molecular complexity index is 161. The van der Waals surface area contributed by atoms with Gasteiger partial charge in [0.05, 0.1) is 12.2 Å². The Morgan fingerprint density at radius 3 is 2.44 bits per heavy atom. The van der Waals surface area contributed by atoms with Crippen molar-refractivity contribution in [3.8, 4) is 0 Å². The molecule has 1 aliphatic carbocycles. The highest BCUT2D eigenvalue weighted by Gasteiger charge is 2.17. The normalized spacial score (nSPS) is 21.9. The quantitative estimate of drug-likeness (QED) is 0.597. The van der Waals surface area contributed by atoms with Gasteiger partial charge in [-0.25, -0.2) is 0 Å². The molecule has 0 radical (unpaired) electrons. The van der Waals surface area contributed by atoms with Gasteiger partial charge >= 0.3 is 0 Å². The van der Waals surface area contributed by atoms with Gasteiger partial charge in [0, 0.05) is 0 Å². The Morgan fingerprint density at radius 2 is 1.81 bits per heavy atom. The van der Waals surface area contributed by atoms with Crippen LogP contribution in [-0.2, 0) is 4.74 Å². The van der Waals surface area contributed by atoms with Crippen LogP contribution < -0.4 is 0 Å². The molecule has 1 rings (SSSR count). The monoisotopic (exact) mass is 226 g/mol. The number of unbranched alkanes of at least 4 members (excludes halogenated alkanes) is 1. The molecule has 1 fully saturated rings. The van der Waals surface area contributed by atoms with Gasteiger partial charge in [-0.15, -0.1) is 0 Å². The molecule has 0 bridgehead atoms. The van der Waals surface area contributed by atoms with E-state index in [0.29, 0.717) is 12.2 Å². The number of hydrogen-bond donors (Lipinski definition) is 0. The van der Waals surface area contributed by atoms with Crippen LogP contribution in [0.5, 0.6) is 0 Å². The number of ether oxygens (including phenoxy) is 1. The van der Waals surface area contributed by atoms with Crippen LogP contribution in [0.4, 0.5) is 0 Å². The Morgan fingerprint density at radius 1 is 1.12 bits per heavy atom. The summed E-state index contributed by atoms with van der Waals surface area (Å²) >= 11 is 0. The molecule has 2 unspecified atom stereocenters. The molecule has 0 N–H and O–H groups in total. The number of rotatable bonds is 7. The third-order valence-corrected chi connectivity index (χ3v) is 3.76. The molecule has 1 heteroatoms. The van der Waals surface area contributed by atoms with Crippen LogP contribution in [0.15, 0.2) is 0 Å². The summed E-state index contributed by atoms with van der Waals surface area (Å²) in [5.74, 6) is 0.832. The van der Waals surface area contributed by atoms with E-state index >= 15 is 0 Å². The molecule has 1 saturated carbocycles. The average Bonchev–Trinajstić information content (AvgIpc) is 2.27. The van der Waals surface area contributed by atoms with E-state index in [-0.39, 0.29) is 0 Å². The topological polar surface area (TPSA) is 9.23 Å². The largest absolute Gasteiger partial charge is 0.375 e. The smallest absolute Gasteiger partial charge is 0.0578 e. The SMILES string of the molecule is CCCCC(C)CC(C)OC1CCCCC1. The Labute approximate surface area is 102 Å². The molecule has 1 aliphatic rings. The van der Waals surface area contributed by atoms with E-state index in [1.54, 1.807) is 0 Å². The first-order valence-corrected chi connectivity index (χ1v) is 7.37. The average molecular weight is 226 g/mol. The van der Waals surface area contributed by atoms with Gasteiger partial charge in [0.25, 0.3) is 0 Å². The van der Waals surface area contributed by atoms with Gasteiger partial charge in [0.2, 0.25) is 0 Å². The van der Waals surface area contributed by atoms with E-state index in [4.69, 9.17) is 4.74 Å². The van der Waals surface area contributed by atoms with Crippen molar-refractivity contribution in [1.29, 1.82) is 0 Å². The van der Waals surface area contributed by atoms with Crippen LogP contribution in [0.25, 0.3) is 0 Å². The lowest BCUT2D eigenvalue weighted by Crippen LogP contribution is -2.23. The van der Waals surface area contributed by atoms with Gasteiger partial charge in [-0.1, -0.05) is 52.4 Å². The van der Waals surface area contributed by atoms with Gasteiger partial charge < -0.3 is 4.74 Å². The summed E-state index contributed by atoms with van der Waals surface area (Å²) in [5, 5.41) is 0. The number of hydrogen-bond acceptors (Lipinski definition) is 1. The first-order chi connectivity index (χ1) is 7.72. The predicted octanol–water partition coefficient (Wildman–Crippen LogP) is 4.94. The second-order valence-electron chi connectivity index (χ2n) is 5.69.